The van der Waals surface area contributed by atoms with Crippen LogP contribution < -0.4 is 16.0 Å². The molecule has 2 aliphatic rings. The molecule has 2 heterocycles. The van der Waals surface area contributed by atoms with Gasteiger partial charge in [0.25, 0.3) is 0 Å². The molecular formula is C25H42N4O7S. The number of fused-ring (bicyclic) bond motifs is 1. The van der Waals surface area contributed by atoms with Crippen LogP contribution in [0, 0.1) is 12.3 Å². The predicted molar refractivity (Wildman–Crippen MR) is 141 cm³/mol. The molecule has 12 heteroatoms. The first kappa shape index (κ1) is 31.2. The lowest BCUT2D eigenvalue weighted by molar-refractivity contribution is -0.122. The number of ether oxygens (including phenoxy) is 4. The van der Waals surface area contributed by atoms with E-state index in [1.165, 1.54) is 0 Å². The number of thioether (sulfide) groups is 1. The zero-order valence-corrected chi connectivity index (χ0v) is 22.7. The quantitative estimate of drug-likeness (QED) is 0.108. The first-order valence-corrected chi connectivity index (χ1v) is 14.0. The van der Waals surface area contributed by atoms with Gasteiger partial charge >= 0.3 is 6.03 Å². The SMILES string of the molecule is C#CCNC(=O)CCOCCOCCOCCOCCNC(=O)CCCCC1SCC2C1NC(=O)N2C. The van der Waals surface area contributed by atoms with E-state index in [0.29, 0.717) is 77.1 Å². The van der Waals surface area contributed by atoms with Crippen LogP contribution in [0.1, 0.15) is 32.1 Å². The summed E-state index contributed by atoms with van der Waals surface area (Å²) < 4.78 is 21.6. The van der Waals surface area contributed by atoms with E-state index < -0.39 is 0 Å². The molecule has 2 rings (SSSR count). The lowest BCUT2D eigenvalue weighted by atomic mass is 10.0. The van der Waals surface area contributed by atoms with Crippen LogP contribution in [0.3, 0.4) is 0 Å². The molecule has 3 N–H and O–H groups in total. The van der Waals surface area contributed by atoms with Gasteiger partial charge in [0.2, 0.25) is 11.8 Å². The second-order valence-corrected chi connectivity index (χ2v) is 10.1. The molecule has 0 bridgehead atoms. The molecule has 0 radical (unpaired) electrons. The summed E-state index contributed by atoms with van der Waals surface area (Å²) in [4.78, 5) is 36.9. The highest BCUT2D eigenvalue weighted by Gasteiger charge is 2.46. The minimum atomic E-state index is -0.129. The highest BCUT2D eigenvalue weighted by atomic mass is 32.2. The fourth-order valence-electron chi connectivity index (χ4n) is 4.02. The molecule has 11 nitrogen and oxygen atoms in total. The normalized spacial score (nSPS) is 20.4. The number of likely N-dealkylation sites (N-methyl/N-ethyl adjacent to an activating group) is 1. The average molecular weight is 543 g/mol. The molecule has 0 aromatic rings. The standard InChI is InChI=1S/C25H42N4O7S/c1-3-9-26-23(31)8-11-33-13-15-35-17-18-36-16-14-34-12-10-27-22(30)7-5-4-6-21-24-20(19-37-21)29(2)25(32)28-24/h1,20-21,24H,4-19H2,2H3,(H,26,31)(H,27,30)(H,28,32). The first-order chi connectivity index (χ1) is 18.0. The van der Waals surface area contributed by atoms with Crippen LogP contribution in [-0.2, 0) is 28.5 Å². The van der Waals surface area contributed by atoms with Gasteiger partial charge in [0.1, 0.15) is 0 Å². The van der Waals surface area contributed by atoms with Crippen molar-refractivity contribution < 1.29 is 33.3 Å². The number of hydrogen-bond donors (Lipinski definition) is 3. The van der Waals surface area contributed by atoms with E-state index in [-0.39, 0.29) is 36.9 Å². The second-order valence-electron chi connectivity index (χ2n) is 8.80. The van der Waals surface area contributed by atoms with Crippen molar-refractivity contribution in [2.24, 2.45) is 0 Å². The number of unbranched alkanes of at least 4 members (excludes halogenated alkanes) is 1. The van der Waals surface area contributed by atoms with Gasteiger partial charge in [0.05, 0.1) is 71.5 Å². The molecule has 3 unspecified atom stereocenters. The number of nitrogens with one attached hydrogen (secondary N) is 3. The Morgan fingerprint density at radius 2 is 1.59 bits per heavy atom. The van der Waals surface area contributed by atoms with Gasteiger partial charge < -0.3 is 39.8 Å². The smallest absolute Gasteiger partial charge is 0.317 e. The molecule has 2 aliphatic heterocycles. The summed E-state index contributed by atoms with van der Waals surface area (Å²) in [6.07, 6.45) is 8.68. The Balaban J connectivity index is 1.28. The highest BCUT2D eigenvalue weighted by Crippen LogP contribution is 2.36. The maximum atomic E-state index is 12.0. The fourth-order valence-corrected chi connectivity index (χ4v) is 5.69. The van der Waals surface area contributed by atoms with E-state index in [0.717, 1.165) is 25.0 Å². The minimum absolute atomic E-state index is 0.0259. The summed E-state index contributed by atoms with van der Waals surface area (Å²) in [6.45, 7) is 4.14. The predicted octanol–water partition coefficient (Wildman–Crippen LogP) is 0.377. The summed E-state index contributed by atoms with van der Waals surface area (Å²) in [6, 6.07) is 0.563. The van der Waals surface area contributed by atoms with Crippen molar-refractivity contribution in [1.29, 1.82) is 0 Å². The third-order valence-corrected chi connectivity index (χ3v) is 7.58. The molecule has 37 heavy (non-hydrogen) atoms. The topological polar surface area (TPSA) is 127 Å². The fraction of sp³-hybridized carbons (Fsp3) is 0.800. The molecule has 210 valence electrons. The van der Waals surface area contributed by atoms with E-state index in [4.69, 9.17) is 25.4 Å². The third kappa shape index (κ3) is 12.8. The molecule has 2 saturated heterocycles. The Hall–Kier alpha value is -2.04. The van der Waals surface area contributed by atoms with Crippen molar-refractivity contribution >= 4 is 29.6 Å². The van der Waals surface area contributed by atoms with Gasteiger partial charge in [0, 0.05) is 37.4 Å². The zero-order valence-electron chi connectivity index (χ0n) is 21.8. The van der Waals surface area contributed by atoms with Crippen molar-refractivity contribution in [1.82, 2.24) is 20.9 Å². The van der Waals surface area contributed by atoms with Gasteiger partial charge in [-0.1, -0.05) is 12.3 Å². The summed E-state index contributed by atoms with van der Waals surface area (Å²) in [5.41, 5.74) is 0. The molecule has 2 fully saturated rings. The molecule has 0 saturated carbocycles. The highest BCUT2D eigenvalue weighted by molar-refractivity contribution is 8.00. The Morgan fingerprint density at radius 3 is 2.27 bits per heavy atom. The van der Waals surface area contributed by atoms with Crippen LogP contribution in [0.5, 0.6) is 0 Å². The minimum Gasteiger partial charge on any atom is -0.379 e. The molecule has 0 aliphatic carbocycles. The van der Waals surface area contributed by atoms with Crippen LogP contribution in [0.15, 0.2) is 0 Å². The molecule has 4 amide bonds. The molecule has 0 aromatic heterocycles. The molecule has 0 spiro atoms. The second kappa shape index (κ2) is 19.1. The lowest BCUT2D eigenvalue weighted by Gasteiger charge is -2.17. The number of urea groups is 1. The van der Waals surface area contributed by atoms with Gasteiger partial charge in [-0.25, -0.2) is 4.79 Å². The summed E-state index contributed by atoms with van der Waals surface area (Å²) in [5, 5.41) is 8.97. The number of hydrogen-bond acceptors (Lipinski definition) is 8. The van der Waals surface area contributed by atoms with Crippen LogP contribution >= 0.6 is 11.8 Å². The Kier molecular flexibility index (Phi) is 16.1. The van der Waals surface area contributed by atoms with Crippen LogP contribution in [0.4, 0.5) is 4.79 Å². The van der Waals surface area contributed by atoms with Gasteiger partial charge in [-0.05, 0) is 12.8 Å². The van der Waals surface area contributed by atoms with Crippen molar-refractivity contribution in [3.8, 4) is 12.3 Å². The number of carbonyl (C=O) groups is 3. The third-order valence-electron chi connectivity index (χ3n) is 6.09. The van der Waals surface area contributed by atoms with E-state index in [9.17, 15) is 14.4 Å². The summed E-state index contributed by atoms with van der Waals surface area (Å²) in [5.74, 6) is 3.23. The van der Waals surface area contributed by atoms with E-state index in [1.54, 1.807) is 0 Å². The van der Waals surface area contributed by atoms with Crippen molar-refractivity contribution in [2.75, 3.05) is 78.7 Å². The first-order valence-electron chi connectivity index (χ1n) is 13.0. The van der Waals surface area contributed by atoms with Crippen molar-refractivity contribution in [3.05, 3.63) is 0 Å². The molecular weight excluding hydrogens is 500 g/mol. The van der Waals surface area contributed by atoms with Crippen LogP contribution in [-0.4, -0.2) is 119 Å². The summed E-state index contributed by atoms with van der Waals surface area (Å²) in [7, 11) is 1.86. The number of carbonyl (C=O) groups excluding carboxylic acids is 3. The zero-order chi connectivity index (χ0) is 26.7. The monoisotopic (exact) mass is 542 g/mol. The van der Waals surface area contributed by atoms with E-state index >= 15 is 0 Å². The van der Waals surface area contributed by atoms with Gasteiger partial charge in [0.15, 0.2) is 0 Å². The molecule has 0 aromatic carbocycles. The summed E-state index contributed by atoms with van der Waals surface area (Å²) >= 11 is 1.92. The number of amides is 4. The van der Waals surface area contributed by atoms with Crippen molar-refractivity contribution in [2.45, 2.75) is 49.4 Å². The maximum absolute atomic E-state index is 12.0. The van der Waals surface area contributed by atoms with Crippen LogP contribution in [0.25, 0.3) is 0 Å². The number of terminal acetylenes is 1. The van der Waals surface area contributed by atoms with E-state index in [2.05, 4.69) is 21.9 Å². The van der Waals surface area contributed by atoms with Gasteiger partial charge in [-0.2, -0.15) is 11.8 Å². The lowest BCUT2D eigenvalue weighted by Crippen LogP contribution is -2.37. The molecule has 3 atom stereocenters. The van der Waals surface area contributed by atoms with Gasteiger partial charge in [-0.15, -0.1) is 6.42 Å². The van der Waals surface area contributed by atoms with E-state index in [1.807, 2.05) is 23.7 Å². The largest absolute Gasteiger partial charge is 0.379 e. The maximum Gasteiger partial charge on any atom is 0.317 e. The Morgan fingerprint density at radius 1 is 0.973 bits per heavy atom. The Bertz CT molecular complexity index is 736. The Labute approximate surface area is 224 Å². The van der Waals surface area contributed by atoms with Crippen LogP contribution in [0.2, 0.25) is 0 Å². The number of nitrogens with zero attached hydrogens (tertiary/aromatic N) is 1. The average Bonchev–Trinajstić information content (AvgIpc) is 3.41. The van der Waals surface area contributed by atoms with Gasteiger partial charge in [-0.3, -0.25) is 9.59 Å². The van der Waals surface area contributed by atoms with Crippen molar-refractivity contribution in [3.63, 3.8) is 0 Å². The number of rotatable bonds is 21.